The quantitative estimate of drug-likeness (QED) is 0.710. The number of imide groups is 1. The Morgan fingerprint density at radius 1 is 1.19 bits per heavy atom. The molecule has 1 aliphatic carbocycles. The number of likely N-dealkylation sites (N-methyl/N-ethyl adjacent to an activating group) is 1. The number of urea groups is 1. The Morgan fingerprint density at radius 2 is 1.89 bits per heavy atom. The van der Waals surface area contributed by atoms with Crippen molar-refractivity contribution in [1.29, 1.82) is 0 Å². The van der Waals surface area contributed by atoms with Gasteiger partial charge >= 0.3 is 6.03 Å². The van der Waals surface area contributed by atoms with Crippen molar-refractivity contribution in [1.82, 2.24) is 15.5 Å². The Labute approximate surface area is 161 Å². The third kappa shape index (κ3) is 5.35. The van der Waals surface area contributed by atoms with E-state index in [1.165, 1.54) is 5.69 Å². The predicted octanol–water partition coefficient (Wildman–Crippen LogP) is 1.93. The zero-order valence-electron chi connectivity index (χ0n) is 16.5. The number of carbonyl (C=O) groups excluding carboxylic acids is 2. The number of benzene rings is 1. The second-order valence-electron chi connectivity index (χ2n) is 7.52. The van der Waals surface area contributed by atoms with E-state index >= 15 is 0 Å². The molecule has 1 heterocycles. The number of hydrogen-bond donors (Lipinski definition) is 3. The Balaban J connectivity index is 1.53. The monoisotopic (exact) mass is 373 g/mol. The van der Waals surface area contributed by atoms with Gasteiger partial charge in [-0.3, -0.25) is 10.1 Å². The average molecular weight is 374 g/mol. The maximum absolute atomic E-state index is 12.2. The number of aryl methyl sites for hydroxylation is 1. The molecule has 0 spiro atoms. The smallest absolute Gasteiger partial charge is 0.321 e. The molecular weight excluding hydrogens is 342 g/mol. The average Bonchev–Trinajstić information content (AvgIpc) is 3.47. The number of nitrogens with one attached hydrogen (secondary N) is 3. The molecule has 3 rings (SSSR count). The maximum atomic E-state index is 12.2. The summed E-state index contributed by atoms with van der Waals surface area (Å²) in [7, 11) is 0. The number of amides is 3. The third-order valence-electron chi connectivity index (χ3n) is 5.31. The number of anilines is 2. The maximum Gasteiger partial charge on any atom is 0.321 e. The highest BCUT2D eigenvalue weighted by Crippen LogP contribution is 2.24. The van der Waals surface area contributed by atoms with Crippen LogP contribution in [-0.4, -0.2) is 61.6 Å². The number of carbonyl (C=O) groups is 2. The van der Waals surface area contributed by atoms with Crippen molar-refractivity contribution in [2.45, 2.75) is 45.7 Å². The molecule has 2 aliphatic rings. The Hall–Kier alpha value is -2.28. The van der Waals surface area contributed by atoms with Gasteiger partial charge in [0.05, 0.1) is 0 Å². The Kier molecular flexibility index (Phi) is 6.21. The van der Waals surface area contributed by atoms with Gasteiger partial charge in [-0.25, -0.2) is 4.79 Å². The first-order valence-electron chi connectivity index (χ1n) is 9.92. The fraction of sp³-hybridized carbons (Fsp3) is 0.600. The highest BCUT2D eigenvalue weighted by Gasteiger charge is 2.25. The fourth-order valence-electron chi connectivity index (χ4n) is 3.30. The SMILES string of the molecule is CCN1CCN(c2ccc(N[C@H](C)C(=O)NC(=O)NC3CC3)c(C)c2)CC1. The fourth-order valence-corrected chi connectivity index (χ4v) is 3.30. The predicted molar refractivity (Wildman–Crippen MR) is 108 cm³/mol. The van der Waals surface area contributed by atoms with E-state index in [0.29, 0.717) is 0 Å². The molecule has 0 unspecified atom stereocenters. The second kappa shape index (κ2) is 8.61. The lowest BCUT2D eigenvalue weighted by Gasteiger charge is -2.35. The Bertz CT molecular complexity index is 681. The van der Waals surface area contributed by atoms with E-state index in [1.807, 2.05) is 13.0 Å². The van der Waals surface area contributed by atoms with Crippen LogP contribution >= 0.6 is 0 Å². The lowest BCUT2D eigenvalue weighted by Crippen LogP contribution is -2.46. The Morgan fingerprint density at radius 3 is 2.48 bits per heavy atom. The summed E-state index contributed by atoms with van der Waals surface area (Å²) in [6, 6.07) is 5.61. The highest BCUT2D eigenvalue weighted by molar-refractivity contribution is 5.98. The molecule has 1 saturated heterocycles. The largest absolute Gasteiger partial charge is 0.374 e. The van der Waals surface area contributed by atoms with Crippen LogP contribution in [0.25, 0.3) is 0 Å². The summed E-state index contributed by atoms with van der Waals surface area (Å²) in [5, 5.41) is 8.37. The van der Waals surface area contributed by atoms with Gasteiger partial charge in [-0.2, -0.15) is 0 Å². The van der Waals surface area contributed by atoms with Crippen LogP contribution in [0, 0.1) is 6.92 Å². The van der Waals surface area contributed by atoms with E-state index < -0.39 is 12.1 Å². The van der Waals surface area contributed by atoms with E-state index in [0.717, 1.165) is 56.8 Å². The van der Waals surface area contributed by atoms with E-state index in [-0.39, 0.29) is 11.9 Å². The van der Waals surface area contributed by atoms with Gasteiger partial charge < -0.3 is 20.4 Å². The van der Waals surface area contributed by atoms with Crippen LogP contribution in [-0.2, 0) is 4.79 Å². The minimum absolute atomic E-state index is 0.232. The summed E-state index contributed by atoms with van der Waals surface area (Å²) in [5.74, 6) is -0.327. The molecule has 0 aromatic heterocycles. The highest BCUT2D eigenvalue weighted by atomic mass is 16.2. The van der Waals surface area contributed by atoms with E-state index in [4.69, 9.17) is 0 Å². The van der Waals surface area contributed by atoms with Crippen molar-refractivity contribution >= 4 is 23.3 Å². The normalized spacial score (nSPS) is 18.7. The van der Waals surface area contributed by atoms with Gasteiger partial charge in [-0.15, -0.1) is 0 Å². The molecule has 7 nitrogen and oxygen atoms in total. The van der Waals surface area contributed by atoms with Crippen LogP contribution < -0.4 is 20.9 Å². The van der Waals surface area contributed by atoms with Gasteiger partial charge in [0.1, 0.15) is 6.04 Å². The summed E-state index contributed by atoms with van der Waals surface area (Å²) >= 11 is 0. The topological polar surface area (TPSA) is 76.7 Å². The second-order valence-corrected chi connectivity index (χ2v) is 7.52. The molecule has 27 heavy (non-hydrogen) atoms. The molecule has 0 radical (unpaired) electrons. The molecule has 1 saturated carbocycles. The van der Waals surface area contributed by atoms with E-state index in [9.17, 15) is 9.59 Å². The molecule has 3 amide bonds. The summed E-state index contributed by atoms with van der Waals surface area (Å²) in [4.78, 5) is 28.8. The summed E-state index contributed by atoms with van der Waals surface area (Å²) in [6.07, 6.45) is 1.99. The number of hydrogen-bond acceptors (Lipinski definition) is 5. The van der Waals surface area contributed by atoms with Gasteiger partial charge in [0, 0.05) is 43.6 Å². The first kappa shape index (κ1) is 19.5. The van der Waals surface area contributed by atoms with Crippen LogP contribution in [0.1, 0.15) is 32.3 Å². The van der Waals surface area contributed by atoms with Crippen LogP contribution in [0.5, 0.6) is 0 Å². The van der Waals surface area contributed by atoms with Crippen LogP contribution in [0.2, 0.25) is 0 Å². The van der Waals surface area contributed by atoms with Crippen LogP contribution in [0.3, 0.4) is 0 Å². The zero-order valence-corrected chi connectivity index (χ0v) is 16.5. The van der Waals surface area contributed by atoms with Gasteiger partial charge in [-0.05, 0) is 57.0 Å². The van der Waals surface area contributed by atoms with Gasteiger partial charge in [-0.1, -0.05) is 6.92 Å². The molecule has 1 aliphatic heterocycles. The van der Waals surface area contributed by atoms with Gasteiger partial charge in [0.25, 0.3) is 0 Å². The van der Waals surface area contributed by atoms with Crippen molar-refractivity contribution in [2.24, 2.45) is 0 Å². The van der Waals surface area contributed by atoms with Crippen molar-refractivity contribution in [3.05, 3.63) is 23.8 Å². The molecule has 148 valence electrons. The van der Waals surface area contributed by atoms with Crippen LogP contribution in [0.15, 0.2) is 18.2 Å². The summed E-state index contributed by atoms with van der Waals surface area (Å²) in [5.41, 5.74) is 3.22. The molecule has 1 atom stereocenters. The van der Waals surface area contributed by atoms with Crippen molar-refractivity contribution in [3.63, 3.8) is 0 Å². The molecule has 7 heteroatoms. The summed E-state index contributed by atoms with van der Waals surface area (Å²) < 4.78 is 0. The standard InChI is InChI=1S/C20H31N5O2/c1-4-24-9-11-25(12-10-24)17-7-8-18(14(2)13-17)21-15(3)19(26)23-20(27)22-16-5-6-16/h7-8,13,15-16,21H,4-6,9-12H2,1-3H3,(H2,22,23,26,27)/t15-/m1/s1. The molecule has 3 N–H and O–H groups in total. The molecule has 1 aromatic carbocycles. The first-order valence-corrected chi connectivity index (χ1v) is 9.92. The lowest BCUT2D eigenvalue weighted by atomic mass is 10.1. The molecule has 0 bridgehead atoms. The first-order chi connectivity index (χ1) is 13.0. The minimum Gasteiger partial charge on any atom is -0.374 e. The molecule has 2 fully saturated rings. The van der Waals surface area contributed by atoms with E-state index in [2.05, 4.69) is 44.8 Å². The van der Waals surface area contributed by atoms with Crippen molar-refractivity contribution in [3.8, 4) is 0 Å². The summed E-state index contributed by atoms with van der Waals surface area (Å²) in [6.45, 7) is 11.4. The van der Waals surface area contributed by atoms with Crippen LogP contribution in [0.4, 0.5) is 16.2 Å². The van der Waals surface area contributed by atoms with Crippen molar-refractivity contribution < 1.29 is 9.59 Å². The van der Waals surface area contributed by atoms with Crippen molar-refractivity contribution in [2.75, 3.05) is 42.9 Å². The molecule has 1 aromatic rings. The van der Waals surface area contributed by atoms with Gasteiger partial charge in [0.2, 0.25) is 5.91 Å². The zero-order chi connectivity index (χ0) is 19.4. The third-order valence-corrected chi connectivity index (χ3v) is 5.31. The number of piperazine rings is 1. The van der Waals surface area contributed by atoms with Gasteiger partial charge in [0.15, 0.2) is 0 Å². The minimum atomic E-state index is -0.493. The van der Waals surface area contributed by atoms with E-state index in [1.54, 1.807) is 6.92 Å². The molecular formula is C20H31N5O2. The lowest BCUT2D eigenvalue weighted by molar-refractivity contribution is -0.120. The number of rotatable bonds is 6. The number of nitrogens with zero attached hydrogens (tertiary/aromatic N) is 2.